The quantitative estimate of drug-likeness (QED) is 0.598. The average molecular weight is 263 g/mol. The van der Waals surface area contributed by atoms with Crippen LogP contribution < -0.4 is 0 Å². The first-order valence-electron chi connectivity index (χ1n) is 5.21. The molecule has 0 saturated heterocycles. The van der Waals surface area contributed by atoms with Crippen molar-refractivity contribution in [1.82, 2.24) is 0 Å². The van der Waals surface area contributed by atoms with Gasteiger partial charge in [-0.3, -0.25) is 4.79 Å². The van der Waals surface area contributed by atoms with Gasteiger partial charge in [0.2, 0.25) is 0 Å². The van der Waals surface area contributed by atoms with Gasteiger partial charge in [-0.1, -0.05) is 48.0 Å². The van der Waals surface area contributed by atoms with Gasteiger partial charge in [0.05, 0.1) is 5.02 Å². The zero-order valence-corrected chi connectivity index (χ0v) is 10.7. The number of carbonyl (C=O) groups is 1. The lowest BCUT2D eigenvalue weighted by atomic mass is 10.2. The van der Waals surface area contributed by atoms with E-state index >= 15 is 0 Å². The zero-order chi connectivity index (χ0) is 12.1. The molecule has 0 radical (unpaired) electrons. The van der Waals surface area contributed by atoms with Crippen molar-refractivity contribution in [2.75, 3.05) is 0 Å². The third kappa shape index (κ3) is 3.11. The second-order valence-corrected chi connectivity index (χ2v) is 4.97. The summed E-state index contributed by atoms with van der Waals surface area (Å²) >= 11 is 7.59. The number of hydrogen-bond acceptors (Lipinski definition) is 2. The van der Waals surface area contributed by atoms with E-state index in [1.54, 1.807) is 17.8 Å². The van der Waals surface area contributed by atoms with Crippen LogP contribution in [0.5, 0.6) is 0 Å². The van der Waals surface area contributed by atoms with Crippen molar-refractivity contribution < 1.29 is 4.79 Å². The molecule has 0 unspecified atom stereocenters. The molecular weight excluding hydrogens is 252 g/mol. The van der Waals surface area contributed by atoms with E-state index in [9.17, 15) is 4.79 Å². The Balaban J connectivity index is 2.14. The summed E-state index contributed by atoms with van der Waals surface area (Å²) in [6, 6.07) is 15.7. The van der Waals surface area contributed by atoms with Crippen molar-refractivity contribution in [3.8, 4) is 0 Å². The lowest BCUT2D eigenvalue weighted by Gasteiger charge is -2.06. The highest BCUT2D eigenvalue weighted by Gasteiger charge is 2.06. The third-order valence-electron chi connectivity index (χ3n) is 2.37. The molecule has 2 aromatic carbocycles. The van der Waals surface area contributed by atoms with Gasteiger partial charge in [0.1, 0.15) is 0 Å². The molecule has 0 aliphatic heterocycles. The number of hydrogen-bond donors (Lipinski definition) is 0. The molecule has 0 fully saturated rings. The maximum Gasteiger partial charge on any atom is 0.152 e. The minimum Gasteiger partial charge on any atom is -0.298 e. The minimum atomic E-state index is 0.512. The Labute approximate surface area is 110 Å². The number of benzene rings is 2. The number of carbonyl (C=O) groups excluding carboxylic acids is 1. The standard InChI is InChI=1S/C14H11ClOS/c15-13-7-4-8-14(12(13)9-16)17-10-11-5-2-1-3-6-11/h1-9H,10H2. The first-order chi connectivity index (χ1) is 8.31. The molecule has 2 aromatic rings. The molecule has 0 saturated carbocycles. The number of aldehydes is 1. The van der Waals surface area contributed by atoms with Gasteiger partial charge in [-0.15, -0.1) is 11.8 Å². The van der Waals surface area contributed by atoms with E-state index in [1.807, 2.05) is 30.3 Å². The van der Waals surface area contributed by atoms with Gasteiger partial charge >= 0.3 is 0 Å². The molecule has 86 valence electrons. The predicted octanol–water partition coefficient (Wildman–Crippen LogP) is 4.44. The van der Waals surface area contributed by atoms with Crippen molar-refractivity contribution in [2.45, 2.75) is 10.6 Å². The van der Waals surface area contributed by atoms with E-state index in [0.717, 1.165) is 16.9 Å². The molecule has 0 atom stereocenters. The van der Waals surface area contributed by atoms with E-state index in [0.29, 0.717) is 10.6 Å². The highest BCUT2D eigenvalue weighted by molar-refractivity contribution is 7.98. The van der Waals surface area contributed by atoms with Crippen molar-refractivity contribution >= 4 is 29.6 Å². The summed E-state index contributed by atoms with van der Waals surface area (Å²) in [5, 5.41) is 0.512. The van der Waals surface area contributed by atoms with E-state index in [1.165, 1.54) is 5.56 Å². The van der Waals surface area contributed by atoms with E-state index in [4.69, 9.17) is 11.6 Å². The molecule has 17 heavy (non-hydrogen) atoms. The monoisotopic (exact) mass is 262 g/mol. The number of thioether (sulfide) groups is 1. The fourth-order valence-corrected chi connectivity index (χ4v) is 2.77. The van der Waals surface area contributed by atoms with Crippen LogP contribution in [-0.2, 0) is 5.75 Å². The Morgan fingerprint density at radius 3 is 2.53 bits per heavy atom. The van der Waals surface area contributed by atoms with Crippen LogP contribution in [0.4, 0.5) is 0 Å². The van der Waals surface area contributed by atoms with Crippen LogP contribution in [0.15, 0.2) is 53.4 Å². The van der Waals surface area contributed by atoms with Crippen molar-refractivity contribution in [2.24, 2.45) is 0 Å². The summed E-state index contributed by atoms with van der Waals surface area (Å²) in [6.45, 7) is 0. The Bertz CT molecular complexity index is 511. The maximum atomic E-state index is 11.0. The van der Waals surface area contributed by atoms with Crippen molar-refractivity contribution in [3.05, 3.63) is 64.7 Å². The summed E-state index contributed by atoms with van der Waals surface area (Å²) in [4.78, 5) is 11.9. The Kier molecular flexibility index (Phi) is 4.24. The number of halogens is 1. The SMILES string of the molecule is O=Cc1c(Cl)cccc1SCc1ccccc1. The summed E-state index contributed by atoms with van der Waals surface area (Å²) in [5.41, 5.74) is 1.81. The summed E-state index contributed by atoms with van der Waals surface area (Å²) < 4.78 is 0. The molecule has 0 aliphatic rings. The Morgan fingerprint density at radius 2 is 1.82 bits per heavy atom. The van der Waals surface area contributed by atoms with E-state index < -0.39 is 0 Å². The average Bonchev–Trinajstić information content (AvgIpc) is 2.37. The molecule has 0 aromatic heterocycles. The van der Waals surface area contributed by atoms with Crippen LogP contribution in [-0.4, -0.2) is 6.29 Å². The normalized spacial score (nSPS) is 10.2. The molecule has 0 bridgehead atoms. The third-order valence-corrected chi connectivity index (χ3v) is 3.84. The number of rotatable bonds is 4. The van der Waals surface area contributed by atoms with Crippen LogP contribution in [0.2, 0.25) is 5.02 Å². The Morgan fingerprint density at radius 1 is 1.06 bits per heavy atom. The largest absolute Gasteiger partial charge is 0.298 e. The predicted molar refractivity (Wildman–Crippen MR) is 72.8 cm³/mol. The molecule has 0 spiro atoms. The summed E-state index contributed by atoms with van der Waals surface area (Å²) in [6.07, 6.45) is 0.815. The molecule has 3 heteroatoms. The second kappa shape index (κ2) is 5.89. The molecule has 1 nitrogen and oxygen atoms in total. The summed E-state index contributed by atoms with van der Waals surface area (Å²) in [5.74, 6) is 0.835. The molecule has 2 rings (SSSR count). The van der Waals surface area contributed by atoms with Crippen LogP contribution in [0.1, 0.15) is 15.9 Å². The maximum absolute atomic E-state index is 11.0. The molecule has 0 heterocycles. The van der Waals surface area contributed by atoms with Crippen LogP contribution in [0, 0.1) is 0 Å². The fourth-order valence-electron chi connectivity index (χ4n) is 1.49. The molecule has 0 N–H and O–H groups in total. The van der Waals surface area contributed by atoms with Crippen LogP contribution in [0.3, 0.4) is 0 Å². The van der Waals surface area contributed by atoms with E-state index in [-0.39, 0.29) is 0 Å². The van der Waals surface area contributed by atoms with Gasteiger partial charge < -0.3 is 0 Å². The van der Waals surface area contributed by atoms with Crippen LogP contribution in [0.25, 0.3) is 0 Å². The van der Waals surface area contributed by atoms with Gasteiger partial charge in [-0.2, -0.15) is 0 Å². The smallest absolute Gasteiger partial charge is 0.152 e. The van der Waals surface area contributed by atoms with Crippen LogP contribution >= 0.6 is 23.4 Å². The minimum absolute atomic E-state index is 0.512. The van der Waals surface area contributed by atoms with Gasteiger partial charge in [0.15, 0.2) is 6.29 Å². The first-order valence-corrected chi connectivity index (χ1v) is 6.58. The molecular formula is C14H11ClOS. The second-order valence-electron chi connectivity index (χ2n) is 3.54. The van der Waals surface area contributed by atoms with Gasteiger partial charge in [-0.25, -0.2) is 0 Å². The summed E-state index contributed by atoms with van der Waals surface area (Å²) in [7, 11) is 0. The topological polar surface area (TPSA) is 17.1 Å². The lowest BCUT2D eigenvalue weighted by molar-refractivity contribution is 0.112. The van der Waals surface area contributed by atoms with Crippen molar-refractivity contribution in [1.29, 1.82) is 0 Å². The lowest BCUT2D eigenvalue weighted by Crippen LogP contribution is -1.87. The van der Waals surface area contributed by atoms with Gasteiger partial charge in [0, 0.05) is 16.2 Å². The first kappa shape index (κ1) is 12.2. The Hall–Kier alpha value is -1.25. The highest BCUT2D eigenvalue weighted by Crippen LogP contribution is 2.29. The fraction of sp³-hybridized carbons (Fsp3) is 0.0714. The molecule has 0 aliphatic carbocycles. The highest BCUT2D eigenvalue weighted by atomic mass is 35.5. The van der Waals surface area contributed by atoms with Gasteiger partial charge in [0.25, 0.3) is 0 Å². The zero-order valence-electron chi connectivity index (χ0n) is 9.10. The molecule has 0 amide bonds. The van der Waals surface area contributed by atoms with Crippen molar-refractivity contribution in [3.63, 3.8) is 0 Å². The van der Waals surface area contributed by atoms with E-state index in [2.05, 4.69) is 12.1 Å². The van der Waals surface area contributed by atoms with Gasteiger partial charge in [-0.05, 0) is 17.7 Å².